The van der Waals surface area contributed by atoms with E-state index in [-0.39, 0.29) is 28.6 Å². The first kappa shape index (κ1) is 24.6. The van der Waals surface area contributed by atoms with Crippen LogP contribution in [0.15, 0.2) is 77.4 Å². The van der Waals surface area contributed by atoms with E-state index in [1.807, 2.05) is 0 Å². The summed E-state index contributed by atoms with van der Waals surface area (Å²) in [4.78, 5) is 36.0. The van der Waals surface area contributed by atoms with Crippen molar-refractivity contribution in [1.82, 2.24) is 5.01 Å². The summed E-state index contributed by atoms with van der Waals surface area (Å²) in [5.41, 5.74) is 2.22. The van der Waals surface area contributed by atoms with Gasteiger partial charge in [-0.05, 0) is 60.5 Å². The smallest absolute Gasteiger partial charge is 0.283 e. The summed E-state index contributed by atoms with van der Waals surface area (Å²) in [5, 5.41) is 16.0. The largest absolute Gasteiger partial charge is 0.493 e. The number of ether oxygens (including phenoxy) is 2. The first-order valence-electron chi connectivity index (χ1n) is 10.7. The Morgan fingerprint density at radius 2 is 1.83 bits per heavy atom. The van der Waals surface area contributed by atoms with E-state index < -0.39 is 16.7 Å². The third kappa shape index (κ3) is 5.11. The Hall–Kier alpha value is -4.50. The van der Waals surface area contributed by atoms with E-state index in [9.17, 15) is 19.7 Å². The maximum absolute atomic E-state index is 13.0. The topological polar surface area (TPSA) is 111 Å². The molecule has 1 aliphatic rings. The molecular formula is C26H20ClN3O6. The summed E-state index contributed by atoms with van der Waals surface area (Å²) in [6.07, 6.45) is 1.58. The highest BCUT2D eigenvalue weighted by atomic mass is 35.5. The van der Waals surface area contributed by atoms with Crippen LogP contribution < -0.4 is 9.47 Å². The number of hydrogen-bond donors (Lipinski definition) is 0. The van der Waals surface area contributed by atoms with Gasteiger partial charge in [-0.2, -0.15) is 10.1 Å². The van der Waals surface area contributed by atoms with Gasteiger partial charge in [-0.15, -0.1) is 0 Å². The molecule has 0 aromatic heterocycles. The van der Waals surface area contributed by atoms with Crippen molar-refractivity contribution in [2.24, 2.45) is 5.10 Å². The van der Waals surface area contributed by atoms with Crippen LogP contribution >= 0.6 is 11.6 Å². The molecular weight excluding hydrogens is 486 g/mol. The number of nitro benzene ring substituents is 1. The Labute approximate surface area is 211 Å². The Morgan fingerprint density at radius 1 is 1.14 bits per heavy atom. The highest BCUT2D eigenvalue weighted by Crippen LogP contribution is 2.38. The summed E-state index contributed by atoms with van der Waals surface area (Å²) >= 11 is 6.46. The molecule has 2 amide bonds. The van der Waals surface area contributed by atoms with E-state index in [1.165, 1.54) is 19.2 Å². The first-order valence-corrected chi connectivity index (χ1v) is 11.1. The van der Waals surface area contributed by atoms with Crippen molar-refractivity contribution in [2.45, 2.75) is 13.5 Å². The normalized spacial score (nSPS) is 14.1. The van der Waals surface area contributed by atoms with E-state index in [1.54, 1.807) is 67.6 Å². The van der Waals surface area contributed by atoms with Gasteiger partial charge in [-0.25, -0.2) is 0 Å². The summed E-state index contributed by atoms with van der Waals surface area (Å²) in [6, 6.07) is 17.6. The van der Waals surface area contributed by atoms with E-state index in [0.29, 0.717) is 28.2 Å². The molecule has 0 unspecified atom stereocenters. The molecule has 0 fully saturated rings. The molecule has 36 heavy (non-hydrogen) atoms. The highest BCUT2D eigenvalue weighted by molar-refractivity contribution is 6.33. The summed E-state index contributed by atoms with van der Waals surface area (Å²) < 4.78 is 11.3. The molecule has 0 radical (unpaired) electrons. The third-order valence-electron chi connectivity index (χ3n) is 5.37. The van der Waals surface area contributed by atoms with Crippen molar-refractivity contribution >= 4 is 40.9 Å². The van der Waals surface area contributed by atoms with Crippen molar-refractivity contribution < 1.29 is 24.0 Å². The van der Waals surface area contributed by atoms with Crippen LogP contribution in [0.5, 0.6) is 11.5 Å². The number of non-ortho nitro benzene ring substituents is 1. The van der Waals surface area contributed by atoms with E-state index in [0.717, 1.165) is 5.01 Å². The fourth-order valence-electron chi connectivity index (χ4n) is 3.52. The molecule has 0 bridgehead atoms. The number of amides is 2. The zero-order valence-corrected chi connectivity index (χ0v) is 20.1. The number of nitrogens with zero attached hydrogens (tertiary/aromatic N) is 3. The van der Waals surface area contributed by atoms with Gasteiger partial charge in [0.1, 0.15) is 6.61 Å². The quantitative estimate of drug-likeness (QED) is 0.187. The highest BCUT2D eigenvalue weighted by Gasteiger charge is 2.33. The molecule has 3 aromatic carbocycles. The van der Waals surface area contributed by atoms with Crippen molar-refractivity contribution in [3.05, 3.63) is 104 Å². The molecule has 0 aliphatic carbocycles. The number of imide groups is 1. The minimum Gasteiger partial charge on any atom is -0.493 e. The molecule has 0 saturated carbocycles. The number of carbonyl (C=O) groups excluding carboxylic acids is 2. The van der Waals surface area contributed by atoms with Crippen molar-refractivity contribution in [3.63, 3.8) is 0 Å². The lowest BCUT2D eigenvalue weighted by molar-refractivity contribution is -0.384. The van der Waals surface area contributed by atoms with Crippen molar-refractivity contribution in [3.8, 4) is 11.5 Å². The number of hydrogen-bond acceptors (Lipinski definition) is 7. The van der Waals surface area contributed by atoms with Gasteiger partial charge in [0, 0.05) is 17.7 Å². The van der Waals surface area contributed by atoms with Gasteiger partial charge in [0.25, 0.3) is 17.5 Å². The second kappa shape index (κ2) is 10.4. The third-order valence-corrected chi connectivity index (χ3v) is 5.65. The van der Waals surface area contributed by atoms with Crippen LogP contribution in [0, 0.1) is 10.1 Å². The maximum Gasteiger partial charge on any atom is 0.283 e. The van der Waals surface area contributed by atoms with Gasteiger partial charge in [0.2, 0.25) is 0 Å². The van der Waals surface area contributed by atoms with Crippen molar-refractivity contribution in [1.29, 1.82) is 0 Å². The lowest BCUT2D eigenvalue weighted by Crippen LogP contribution is -2.29. The average molecular weight is 506 g/mol. The van der Waals surface area contributed by atoms with Crippen molar-refractivity contribution in [2.75, 3.05) is 7.11 Å². The van der Waals surface area contributed by atoms with Crippen LogP contribution in [0.25, 0.3) is 6.08 Å². The molecule has 1 aliphatic heterocycles. The molecule has 0 N–H and O–H groups in total. The molecule has 0 atom stereocenters. The molecule has 3 aromatic rings. The van der Waals surface area contributed by atoms with Gasteiger partial charge in [-0.1, -0.05) is 29.8 Å². The van der Waals surface area contributed by atoms with Gasteiger partial charge < -0.3 is 9.47 Å². The number of nitro groups is 1. The minimum absolute atomic E-state index is 0.0175. The predicted octanol–water partition coefficient (Wildman–Crippen LogP) is 5.28. The number of benzene rings is 3. The van der Waals surface area contributed by atoms with Gasteiger partial charge in [-0.3, -0.25) is 19.7 Å². The second-order valence-corrected chi connectivity index (χ2v) is 8.19. The number of hydrazone groups is 1. The van der Waals surface area contributed by atoms with Crippen LogP contribution in [-0.4, -0.2) is 34.6 Å². The Morgan fingerprint density at radius 3 is 2.47 bits per heavy atom. The Balaban J connectivity index is 1.55. The number of carbonyl (C=O) groups is 2. The molecule has 0 spiro atoms. The van der Waals surface area contributed by atoms with Crippen LogP contribution in [0.2, 0.25) is 5.02 Å². The molecule has 182 valence electrons. The number of rotatable bonds is 7. The Kier molecular flexibility index (Phi) is 7.12. The first-order chi connectivity index (χ1) is 17.3. The van der Waals surface area contributed by atoms with Gasteiger partial charge >= 0.3 is 0 Å². The van der Waals surface area contributed by atoms with Crippen LogP contribution in [-0.2, 0) is 11.4 Å². The van der Waals surface area contributed by atoms with E-state index >= 15 is 0 Å². The number of methoxy groups -OCH3 is 1. The van der Waals surface area contributed by atoms with Gasteiger partial charge in [0.15, 0.2) is 11.5 Å². The zero-order valence-electron chi connectivity index (χ0n) is 19.3. The maximum atomic E-state index is 13.0. The van der Waals surface area contributed by atoms with Gasteiger partial charge in [0.05, 0.1) is 28.3 Å². The van der Waals surface area contributed by atoms with Crippen LogP contribution in [0.1, 0.15) is 28.4 Å². The molecule has 1 heterocycles. The molecule has 10 heteroatoms. The van der Waals surface area contributed by atoms with Crippen LogP contribution in [0.3, 0.4) is 0 Å². The second-order valence-electron chi connectivity index (χ2n) is 7.78. The van der Waals surface area contributed by atoms with E-state index in [2.05, 4.69) is 5.10 Å². The zero-order chi connectivity index (χ0) is 25.8. The lowest BCUT2D eigenvalue weighted by atomic mass is 10.1. The molecule has 0 saturated heterocycles. The molecule has 9 nitrogen and oxygen atoms in total. The van der Waals surface area contributed by atoms with Crippen LogP contribution in [0.4, 0.5) is 5.69 Å². The summed E-state index contributed by atoms with van der Waals surface area (Å²) in [5.74, 6) is -0.457. The lowest BCUT2D eigenvalue weighted by Gasteiger charge is -2.14. The molecule has 4 rings (SSSR count). The fourth-order valence-corrected chi connectivity index (χ4v) is 3.80. The fraction of sp³-hybridized carbons (Fsp3) is 0.115. The van der Waals surface area contributed by atoms with E-state index in [4.69, 9.17) is 21.1 Å². The summed E-state index contributed by atoms with van der Waals surface area (Å²) in [7, 11) is 1.45. The average Bonchev–Trinajstić information content (AvgIpc) is 3.16. The summed E-state index contributed by atoms with van der Waals surface area (Å²) in [6.45, 7) is 1.75. The minimum atomic E-state index is -0.546. The monoisotopic (exact) mass is 505 g/mol. The Bertz CT molecular complexity index is 1400. The standard InChI is InChI=1S/C26H20ClN3O6/c1-16-21(26(32)29(28-16)25(31)19-6-4-3-5-7-19)12-18-13-22(27)24(23(14-18)35-2)36-15-17-8-10-20(11-9-17)30(33)34/h3-14H,15H2,1-2H3/b21-12+. The number of halogens is 1. The predicted molar refractivity (Wildman–Crippen MR) is 134 cm³/mol. The SMILES string of the molecule is COc1cc(/C=C2/C(=O)N(C(=O)c3ccccc3)N=C2C)cc(Cl)c1OCc1ccc([N+](=O)[O-])cc1.